The minimum atomic E-state index is -3.81. The maximum absolute atomic E-state index is 13.8. The first kappa shape index (κ1) is 15.8. The van der Waals surface area contributed by atoms with Gasteiger partial charge < -0.3 is 15.2 Å². The molecule has 7 heteroatoms. The lowest BCUT2D eigenvalue weighted by atomic mass is 10.0. The quantitative estimate of drug-likeness (QED) is 0.839. The van der Waals surface area contributed by atoms with E-state index in [2.05, 4.69) is 20.7 Å². The van der Waals surface area contributed by atoms with Gasteiger partial charge in [0.15, 0.2) is 0 Å². The van der Waals surface area contributed by atoms with Crippen molar-refractivity contribution in [2.75, 3.05) is 13.7 Å². The molecule has 0 amide bonds. The van der Waals surface area contributed by atoms with Crippen molar-refractivity contribution in [1.82, 2.24) is 0 Å². The van der Waals surface area contributed by atoms with Crippen LogP contribution in [0.1, 0.15) is 18.5 Å². The van der Waals surface area contributed by atoms with Crippen LogP contribution in [0, 0.1) is 0 Å². The summed E-state index contributed by atoms with van der Waals surface area (Å²) in [5.74, 6) is -5.09. The minimum Gasteiger partial charge on any atom is -0.497 e. The molecule has 0 saturated heterocycles. The van der Waals surface area contributed by atoms with Gasteiger partial charge >= 0.3 is 11.9 Å². The number of carbonyl (C=O) groups excluding carboxylic acids is 1. The SMILES string of the molecule is CCOC(=O)C(F)(F)[C@H](N)c1cc(OC)ccc1Br. The van der Waals surface area contributed by atoms with Crippen molar-refractivity contribution >= 4 is 21.9 Å². The Hall–Kier alpha value is -1.21. The molecule has 0 aliphatic rings. The van der Waals surface area contributed by atoms with Crippen molar-refractivity contribution in [2.45, 2.75) is 18.9 Å². The van der Waals surface area contributed by atoms with Crippen molar-refractivity contribution < 1.29 is 23.0 Å². The first-order valence-electron chi connectivity index (χ1n) is 5.48. The lowest BCUT2D eigenvalue weighted by Crippen LogP contribution is -2.41. The van der Waals surface area contributed by atoms with E-state index in [9.17, 15) is 13.6 Å². The fourth-order valence-electron chi connectivity index (χ4n) is 1.44. The molecular weight excluding hydrogens is 324 g/mol. The number of rotatable bonds is 5. The molecule has 1 aromatic carbocycles. The Balaban J connectivity index is 3.11. The Kier molecular flexibility index (Phi) is 5.25. The van der Waals surface area contributed by atoms with Gasteiger partial charge in [-0.2, -0.15) is 8.78 Å². The predicted octanol–water partition coefficient (Wildman–Crippen LogP) is 2.66. The van der Waals surface area contributed by atoms with Crippen LogP contribution < -0.4 is 10.5 Å². The van der Waals surface area contributed by atoms with Gasteiger partial charge in [0.2, 0.25) is 0 Å². The third-order valence-electron chi connectivity index (χ3n) is 2.48. The Morgan fingerprint density at radius 3 is 2.68 bits per heavy atom. The number of carbonyl (C=O) groups is 1. The van der Waals surface area contributed by atoms with Gasteiger partial charge in [-0.25, -0.2) is 4.79 Å². The average molecular weight is 338 g/mol. The molecule has 0 spiro atoms. The van der Waals surface area contributed by atoms with Crippen LogP contribution in [0.2, 0.25) is 0 Å². The van der Waals surface area contributed by atoms with E-state index in [0.29, 0.717) is 10.2 Å². The molecule has 19 heavy (non-hydrogen) atoms. The summed E-state index contributed by atoms with van der Waals surface area (Å²) in [5.41, 5.74) is 5.56. The van der Waals surface area contributed by atoms with Crippen molar-refractivity contribution in [1.29, 1.82) is 0 Å². The standard InChI is InChI=1S/C12H14BrF2NO3/c1-3-19-11(17)12(14,15)10(16)8-6-7(18-2)4-5-9(8)13/h4-6,10H,3,16H2,1-2H3/t10-/m1/s1. The topological polar surface area (TPSA) is 61.5 Å². The first-order chi connectivity index (χ1) is 8.84. The number of alkyl halides is 2. The molecular formula is C12H14BrF2NO3. The third-order valence-corrected chi connectivity index (χ3v) is 3.20. The molecule has 1 aromatic rings. The van der Waals surface area contributed by atoms with Crippen LogP contribution in [0.4, 0.5) is 8.78 Å². The van der Waals surface area contributed by atoms with Gasteiger partial charge in [0.1, 0.15) is 11.8 Å². The molecule has 0 unspecified atom stereocenters. The van der Waals surface area contributed by atoms with Gasteiger partial charge in [-0.15, -0.1) is 0 Å². The highest BCUT2D eigenvalue weighted by Crippen LogP contribution is 2.36. The molecule has 0 aliphatic heterocycles. The number of benzene rings is 1. The van der Waals surface area contributed by atoms with Crippen molar-refractivity contribution in [2.24, 2.45) is 5.73 Å². The smallest absolute Gasteiger partial charge is 0.379 e. The van der Waals surface area contributed by atoms with E-state index in [0.717, 1.165) is 0 Å². The van der Waals surface area contributed by atoms with E-state index in [1.54, 1.807) is 6.07 Å². The predicted molar refractivity (Wildman–Crippen MR) is 69.2 cm³/mol. The summed E-state index contributed by atoms with van der Waals surface area (Å²) in [6.07, 6.45) is 0. The fraction of sp³-hybridized carbons (Fsp3) is 0.417. The van der Waals surface area contributed by atoms with E-state index in [1.807, 2.05) is 0 Å². The first-order valence-corrected chi connectivity index (χ1v) is 6.28. The van der Waals surface area contributed by atoms with Gasteiger partial charge in [-0.3, -0.25) is 0 Å². The van der Waals surface area contributed by atoms with Gasteiger partial charge in [0, 0.05) is 4.47 Å². The molecule has 0 saturated carbocycles. The second kappa shape index (κ2) is 6.29. The highest BCUT2D eigenvalue weighted by Gasteiger charge is 2.48. The molecule has 0 fully saturated rings. The zero-order valence-corrected chi connectivity index (χ0v) is 12.0. The Labute approximate surface area is 118 Å². The lowest BCUT2D eigenvalue weighted by molar-refractivity contribution is -0.174. The van der Waals surface area contributed by atoms with E-state index >= 15 is 0 Å². The maximum Gasteiger partial charge on any atom is 0.379 e. The molecule has 4 nitrogen and oxygen atoms in total. The zero-order valence-electron chi connectivity index (χ0n) is 10.5. The van der Waals surface area contributed by atoms with Crippen molar-refractivity contribution in [3.8, 4) is 5.75 Å². The second-order valence-electron chi connectivity index (χ2n) is 3.71. The van der Waals surface area contributed by atoms with E-state index in [-0.39, 0.29) is 12.2 Å². The Morgan fingerprint density at radius 2 is 2.16 bits per heavy atom. The number of hydrogen-bond donors (Lipinski definition) is 1. The zero-order chi connectivity index (χ0) is 14.6. The lowest BCUT2D eigenvalue weighted by Gasteiger charge is -2.23. The number of nitrogens with two attached hydrogens (primary N) is 1. The molecule has 0 bridgehead atoms. The van der Waals surface area contributed by atoms with Gasteiger partial charge in [-0.05, 0) is 30.7 Å². The molecule has 0 radical (unpaired) electrons. The number of hydrogen-bond acceptors (Lipinski definition) is 4. The van der Waals surface area contributed by atoms with E-state index in [1.165, 1.54) is 26.2 Å². The van der Waals surface area contributed by atoms with Crippen LogP contribution in [-0.4, -0.2) is 25.6 Å². The van der Waals surface area contributed by atoms with Gasteiger partial charge in [-0.1, -0.05) is 15.9 Å². The van der Waals surface area contributed by atoms with Crippen molar-refractivity contribution in [3.63, 3.8) is 0 Å². The van der Waals surface area contributed by atoms with Crippen LogP contribution in [0.5, 0.6) is 5.75 Å². The third kappa shape index (κ3) is 3.42. The van der Waals surface area contributed by atoms with Crippen molar-refractivity contribution in [3.05, 3.63) is 28.2 Å². The average Bonchev–Trinajstić information content (AvgIpc) is 2.38. The molecule has 0 aliphatic carbocycles. The van der Waals surface area contributed by atoms with Gasteiger partial charge in [0.05, 0.1) is 13.7 Å². The summed E-state index contributed by atoms with van der Waals surface area (Å²) < 4.78 is 37.3. The van der Waals surface area contributed by atoms with Crippen LogP contribution in [0.15, 0.2) is 22.7 Å². The summed E-state index contributed by atoms with van der Waals surface area (Å²) in [5, 5.41) is 0. The van der Waals surface area contributed by atoms with Crippen LogP contribution >= 0.6 is 15.9 Å². The largest absolute Gasteiger partial charge is 0.497 e. The van der Waals surface area contributed by atoms with Crippen LogP contribution in [-0.2, 0) is 9.53 Å². The monoisotopic (exact) mass is 337 g/mol. The number of ether oxygens (including phenoxy) is 2. The summed E-state index contributed by atoms with van der Waals surface area (Å²) in [4.78, 5) is 11.2. The number of methoxy groups -OCH3 is 1. The Morgan fingerprint density at radius 1 is 1.53 bits per heavy atom. The Bertz CT molecular complexity index is 468. The minimum absolute atomic E-state index is 0.0670. The molecule has 106 valence electrons. The molecule has 0 aromatic heterocycles. The molecule has 1 rings (SSSR count). The maximum atomic E-state index is 13.8. The second-order valence-corrected chi connectivity index (χ2v) is 4.56. The summed E-state index contributed by atoms with van der Waals surface area (Å²) in [6, 6.07) is 2.64. The number of halogens is 3. The highest BCUT2D eigenvalue weighted by molar-refractivity contribution is 9.10. The summed E-state index contributed by atoms with van der Waals surface area (Å²) in [6.45, 7) is 1.31. The normalized spacial score (nSPS) is 12.9. The number of esters is 1. The highest BCUT2D eigenvalue weighted by atomic mass is 79.9. The fourth-order valence-corrected chi connectivity index (χ4v) is 1.93. The van der Waals surface area contributed by atoms with E-state index in [4.69, 9.17) is 10.5 Å². The van der Waals surface area contributed by atoms with Crippen LogP contribution in [0.3, 0.4) is 0 Å². The van der Waals surface area contributed by atoms with E-state index < -0.39 is 17.9 Å². The molecule has 2 N–H and O–H groups in total. The van der Waals surface area contributed by atoms with Crippen LogP contribution in [0.25, 0.3) is 0 Å². The summed E-state index contributed by atoms with van der Waals surface area (Å²) >= 11 is 3.12. The molecule has 0 heterocycles. The summed E-state index contributed by atoms with van der Waals surface area (Å²) in [7, 11) is 1.40. The van der Waals surface area contributed by atoms with Gasteiger partial charge in [0.25, 0.3) is 0 Å². The molecule has 1 atom stereocenters.